The summed E-state index contributed by atoms with van der Waals surface area (Å²) in [6.45, 7) is 3.87. The highest BCUT2D eigenvalue weighted by molar-refractivity contribution is 7.10. The van der Waals surface area contributed by atoms with Crippen molar-refractivity contribution < 1.29 is 19.0 Å². The normalized spacial score (nSPS) is 17.5. The van der Waals surface area contributed by atoms with Crippen LogP contribution in [0.15, 0.2) is 52.8 Å². The number of hydrogen-bond donors (Lipinski definition) is 1. The Morgan fingerprint density at radius 1 is 1.10 bits per heavy atom. The summed E-state index contributed by atoms with van der Waals surface area (Å²) in [5, 5.41) is 2.03. The molecule has 2 aliphatic rings. The van der Waals surface area contributed by atoms with E-state index >= 15 is 0 Å². The summed E-state index contributed by atoms with van der Waals surface area (Å²) in [5.41, 5.74) is 5.32. The summed E-state index contributed by atoms with van der Waals surface area (Å²) in [7, 11) is 3.26. The number of carbonyl (C=O) groups excluding carboxylic acids is 1. The number of H-pyrrole nitrogens is 1. The van der Waals surface area contributed by atoms with E-state index in [1.807, 2.05) is 51.9 Å². The lowest BCUT2D eigenvalue weighted by Crippen LogP contribution is -2.40. The highest BCUT2D eigenvalue weighted by Gasteiger charge is 2.35. The maximum absolute atomic E-state index is 14.4. The monoisotopic (exact) mass is 584 g/mol. The highest BCUT2D eigenvalue weighted by Crippen LogP contribution is 2.43. The van der Waals surface area contributed by atoms with Gasteiger partial charge >= 0.3 is 0 Å². The Morgan fingerprint density at radius 2 is 1.88 bits per heavy atom. The molecule has 0 spiro atoms. The number of fused-ring (bicyclic) bond motifs is 4. The van der Waals surface area contributed by atoms with E-state index in [0.717, 1.165) is 45.8 Å². The molecule has 9 nitrogen and oxygen atoms in total. The van der Waals surface area contributed by atoms with Crippen molar-refractivity contribution >= 4 is 33.8 Å². The molecule has 10 heteroatoms. The molecule has 0 radical (unpaired) electrons. The number of amides is 1. The number of nitrogens with zero attached hydrogens (tertiary/aromatic N) is 3. The molecule has 1 saturated heterocycles. The van der Waals surface area contributed by atoms with Crippen molar-refractivity contribution in [2.24, 2.45) is 0 Å². The van der Waals surface area contributed by atoms with E-state index in [2.05, 4.69) is 16.0 Å². The van der Waals surface area contributed by atoms with Gasteiger partial charge in [0.25, 0.3) is 11.5 Å². The molecular weight excluding hydrogens is 552 g/mol. The molecule has 3 aromatic heterocycles. The van der Waals surface area contributed by atoms with Crippen LogP contribution in [0.2, 0.25) is 0 Å². The molecule has 1 amide bonds. The molecule has 216 valence electrons. The number of rotatable bonds is 5. The van der Waals surface area contributed by atoms with E-state index in [9.17, 15) is 9.59 Å². The zero-order valence-electron chi connectivity index (χ0n) is 23.8. The van der Waals surface area contributed by atoms with E-state index in [-0.39, 0.29) is 23.4 Å². The van der Waals surface area contributed by atoms with Crippen molar-refractivity contribution in [3.8, 4) is 11.5 Å². The zero-order valence-corrected chi connectivity index (χ0v) is 24.6. The Morgan fingerprint density at radius 3 is 2.62 bits per heavy atom. The second kappa shape index (κ2) is 10.6. The number of aryl methyl sites for hydroxylation is 1. The van der Waals surface area contributed by atoms with E-state index in [0.29, 0.717) is 54.3 Å². The van der Waals surface area contributed by atoms with Crippen LogP contribution in [0.4, 0.5) is 0 Å². The Hall–Kier alpha value is -4.15. The van der Waals surface area contributed by atoms with Crippen molar-refractivity contribution in [2.45, 2.75) is 38.1 Å². The lowest BCUT2D eigenvalue weighted by atomic mass is 9.90. The summed E-state index contributed by atoms with van der Waals surface area (Å²) in [6, 6.07) is 11.7. The molecule has 1 unspecified atom stereocenters. The summed E-state index contributed by atoms with van der Waals surface area (Å²) in [6.07, 6.45) is 4.06. The lowest BCUT2D eigenvalue weighted by molar-refractivity contribution is 0.0696. The maximum atomic E-state index is 14.4. The van der Waals surface area contributed by atoms with Gasteiger partial charge < -0.3 is 24.1 Å². The molecule has 5 aromatic rings. The summed E-state index contributed by atoms with van der Waals surface area (Å²) < 4.78 is 18.7. The summed E-state index contributed by atoms with van der Waals surface area (Å²) in [4.78, 5) is 38.3. The molecule has 0 aliphatic carbocycles. The van der Waals surface area contributed by atoms with Gasteiger partial charge in [-0.1, -0.05) is 6.07 Å². The van der Waals surface area contributed by atoms with Gasteiger partial charge in [0.2, 0.25) is 0 Å². The number of imidazole rings is 1. The third kappa shape index (κ3) is 4.28. The number of aromatic amines is 1. The summed E-state index contributed by atoms with van der Waals surface area (Å²) >= 11 is 1.63. The highest BCUT2D eigenvalue weighted by atomic mass is 32.1. The van der Waals surface area contributed by atoms with Crippen LogP contribution in [0.3, 0.4) is 0 Å². The van der Waals surface area contributed by atoms with E-state index in [1.165, 1.54) is 0 Å². The van der Waals surface area contributed by atoms with E-state index < -0.39 is 0 Å². The summed E-state index contributed by atoms with van der Waals surface area (Å²) in [5.74, 6) is 2.32. The van der Waals surface area contributed by atoms with Gasteiger partial charge in [-0.25, -0.2) is 4.98 Å². The Bertz CT molecular complexity index is 1870. The largest absolute Gasteiger partial charge is 0.493 e. The molecule has 5 heterocycles. The molecular formula is C32H32N4O5S. The molecule has 1 N–H and O–H groups in total. The van der Waals surface area contributed by atoms with Gasteiger partial charge in [0.1, 0.15) is 11.3 Å². The average molecular weight is 585 g/mol. The number of hydrogen-bond acceptors (Lipinski definition) is 7. The fourth-order valence-electron chi connectivity index (χ4n) is 6.49. The number of ether oxygens (including phenoxy) is 3. The predicted molar refractivity (Wildman–Crippen MR) is 161 cm³/mol. The minimum absolute atomic E-state index is 0.0792. The number of carbonyl (C=O) groups is 1. The lowest BCUT2D eigenvalue weighted by Gasteiger charge is -2.37. The number of thiophene rings is 1. The molecule has 2 aliphatic heterocycles. The van der Waals surface area contributed by atoms with Crippen LogP contribution < -0.4 is 15.0 Å². The van der Waals surface area contributed by atoms with Crippen LogP contribution in [0.1, 0.15) is 62.6 Å². The minimum Gasteiger partial charge on any atom is -0.493 e. The second-order valence-corrected chi connectivity index (χ2v) is 11.9. The van der Waals surface area contributed by atoms with Gasteiger partial charge in [-0.05, 0) is 78.6 Å². The first-order valence-corrected chi connectivity index (χ1v) is 15.1. The number of methoxy groups -OCH3 is 2. The number of benzene rings is 2. The molecule has 2 aromatic carbocycles. The quantitative estimate of drug-likeness (QED) is 0.303. The third-order valence-electron chi connectivity index (χ3n) is 8.62. The fraction of sp³-hybridized carbons (Fsp3) is 0.344. The molecule has 42 heavy (non-hydrogen) atoms. The molecule has 0 bridgehead atoms. The van der Waals surface area contributed by atoms with Crippen molar-refractivity contribution in [1.82, 2.24) is 19.3 Å². The molecule has 0 saturated carbocycles. The van der Waals surface area contributed by atoms with Crippen molar-refractivity contribution in [1.29, 1.82) is 0 Å². The molecule has 1 fully saturated rings. The van der Waals surface area contributed by atoms with Gasteiger partial charge in [-0.3, -0.25) is 14.0 Å². The van der Waals surface area contributed by atoms with Crippen LogP contribution in [-0.2, 0) is 11.2 Å². The standard InChI is InChI=1S/C32H32N4O5S/c1-18-13-24-23(34-31(37)25-17-33-30(36(24)25)19-7-10-41-11-8-19)15-21(18)32(38)35-9-6-20-14-26(39-2)27(40-3)16-22(20)29(35)28-5-4-12-42-28/h4-5,12-17,19,29H,6-11H2,1-3H3,(H,34,37). The maximum Gasteiger partial charge on any atom is 0.274 e. The second-order valence-electron chi connectivity index (χ2n) is 10.9. The smallest absolute Gasteiger partial charge is 0.274 e. The number of aromatic nitrogens is 3. The fourth-order valence-corrected chi connectivity index (χ4v) is 7.35. The Labute approximate surface area is 246 Å². The van der Waals surface area contributed by atoms with E-state index in [1.54, 1.807) is 31.8 Å². The average Bonchev–Trinajstić information content (AvgIpc) is 3.71. The van der Waals surface area contributed by atoms with Crippen LogP contribution >= 0.6 is 11.3 Å². The van der Waals surface area contributed by atoms with Crippen molar-refractivity contribution in [2.75, 3.05) is 34.0 Å². The van der Waals surface area contributed by atoms with E-state index in [4.69, 9.17) is 14.2 Å². The molecule has 1 atom stereocenters. The first kappa shape index (κ1) is 26.7. The van der Waals surface area contributed by atoms with Gasteiger partial charge in [0.05, 0.1) is 37.5 Å². The van der Waals surface area contributed by atoms with Gasteiger partial charge in [-0.15, -0.1) is 11.3 Å². The van der Waals surface area contributed by atoms with Crippen LogP contribution in [0.25, 0.3) is 16.6 Å². The van der Waals surface area contributed by atoms with Crippen LogP contribution in [0, 0.1) is 6.92 Å². The zero-order chi connectivity index (χ0) is 29.0. The number of nitrogens with one attached hydrogen (secondary N) is 1. The first-order chi connectivity index (χ1) is 20.5. The third-order valence-corrected chi connectivity index (χ3v) is 9.54. The predicted octanol–water partition coefficient (Wildman–Crippen LogP) is 5.24. The first-order valence-electron chi connectivity index (χ1n) is 14.2. The SMILES string of the molecule is COc1cc2c(cc1OC)C(c1cccs1)N(C(=O)c1cc3[nH]c(=O)c4cnc(C5CCOCC5)n4c3cc1C)CC2. The minimum atomic E-state index is -0.272. The van der Waals surface area contributed by atoms with Crippen LogP contribution in [-0.4, -0.2) is 59.2 Å². The van der Waals surface area contributed by atoms with Gasteiger partial charge in [-0.2, -0.15) is 0 Å². The van der Waals surface area contributed by atoms with Gasteiger partial charge in [0, 0.05) is 36.1 Å². The Balaban J connectivity index is 1.34. The van der Waals surface area contributed by atoms with Gasteiger partial charge in [0.15, 0.2) is 11.5 Å². The van der Waals surface area contributed by atoms with Crippen molar-refractivity contribution in [3.63, 3.8) is 0 Å². The molecule has 7 rings (SSSR count). The Kier molecular flexibility index (Phi) is 6.74. The van der Waals surface area contributed by atoms with Crippen LogP contribution in [0.5, 0.6) is 11.5 Å². The topological polar surface area (TPSA) is 98.2 Å². The van der Waals surface area contributed by atoms with Crippen molar-refractivity contribution in [3.05, 3.63) is 91.3 Å².